The quantitative estimate of drug-likeness (QED) is 0.129. The van der Waals surface area contributed by atoms with Gasteiger partial charge in [-0.1, -0.05) is 142 Å². The van der Waals surface area contributed by atoms with Crippen LogP contribution >= 0.6 is 0 Å². The number of hydrogen-bond donors (Lipinski definition) is 0. The molecule has 1 nitrogen and oxygen atoms in total. The zero-order valence-electron chi connectivity index (χ0n) is 20.4. The first-order valence-electron chi connectivity index (χ1n) is 13.0. The minimum absolute atomic E-state index is 0. The van der Waals surface area contributed by atoms with Gasteiger partial charge in [0.25, 0.3) is 0 Å². The molecule has 0 unspecified atom stereocenters. The van der Waals surface area contributed by atoms with Gasteiger partial charge in [-0.05, 0) is 12.8 Å². The van der Waals surface area contributed by atoms with Crippen molar-refractivity contribution in [2.45, 2.75) is 155 Å². The predicted molar refractivity (Wildman–Crippen MR) is 124 cm³/mol. The van der Waals surface area contributed by atoms with E-state index in [9.17, 15) is 0 Å². The van der Waals surface area contributed by atoms with Crippen LogP contribution in [0.15, 0.2) is 0 Å². The fraction of sp³-hybridized carbons (Fsp3) is 1.00. The topological polar surface area (TPSA) is 9.23 Å². The van der Waals surface area contributed by atoms with E-state index in [1.807, 2.05) is 0 Å². The predicted octanol–water partition coefficient (Wildman–Crippen LogP) is 6.63. The fourth-order valence-electron chi connectivity index (χ4n) is 3.84. The molecule has 0 aromatic carbocycles. The second-order valence-corrected chi connectivity index (χ2v) is 8.68. The molecule has 0 atom stereocenters. The van der Waals surface area contributed by atoms with E-state index in [1.54, 1.807) is 0 Å². The first kappa shape index (κ1) is 31.1. The van der Waals surface area contributed by atoms with Gasteiger partial charge in [-0.25, -0.2) is 0 Å². The van der Waals surface area contributed by atoms with Crippen molar-refractivity contribution in [3.05, 3.63) is 0 Å². The van der Waals surface area contributed by atoms with Gasteiger partial charge in [0.15, 0.2) is 0 Å². The van der Waals surface area contributed by atoms with Crippen molar-refractivity contribution < 1.29 is 34.3 Å². The zero-order valence-corrected chi connectivity index (χ0v) is 22.4. The van der Waals surface area contributed by atoms with Crippen LogP contribution in [0.4, 0.5) is 0 Å². The van der Waals surface area contributed by atoms with Crippen LogP contribution in [0.3, 0.4) is 0 Å². The second kappa shape index (κ2) is 30.2. The van der Waals surface area contributed by atoms with Crippen LogP contribution < -0.4 is 29.6 Å². The molecule has 0 rings (SSSR count). The Morgan fingerprint density at radius 3 is 0.786 bits per heavy atom. The third-order valence-electron chi connectivity index (χ3n) is 5.78. The SMILES string of the molecule is CCCCCCCCCCCCCOCCCCCCCCCCCCC.[Na+]. The molecule has 0 radical (unpaired) electrons. The van der Waals surface area contributed by atoms with Crippen molar-refractivity contribution in [2.75, 3.05) is 13.2 Å². The number of ether oxygens (including phenoxy) is 1. The summed E-state index contributed by atoms with van der Waals surface area (Å²) in [6, 6.07) is 0. The Labute approximate surface area is 201 Å². The Balaban J connectivity index is 0. The largest absolute Gasteiger partial charge is 1.00 e. The van der Waals surface area contributed by atoms with Crippen molar-refractivity contribution in [3.63, 3.8) is 0 Å². The molecular weight excluding hydrogens is 351 g/mol. The van der Waals surface area contributed by atoms with E-state index in [0.717, 1.165) is 13.2 Å². The van der Waals surface area contributed by atoms with Crippen molar-refractivity contribution in [2.24, 2.45) is 0 Å². The Morgan fingerprint density at radius 1 is 0.321 bits per heavy atom. The van der Waals surface area contributed by atoms with Gasteiger partial charge in [0, 0.05) is 13.2 Å². The monoisotopic (exact) mass is 405 g/mol. The molecule has 0 heterocycles. The summed E-state index contributed by atoms with van der Waals surface area (Å²) in [5, 5.41) is 0. The molecule has 0 amide bonds. The van der Waals surface area contributed by atoms with Crippen LogP contribution in [0.2, 0.25) is 0 Å². The van der Waals surface area contributed by atoms with Gasteiger partial charge < -0.3 is 4.74 Å². The maximum Gasteiger partial charge on any atom is 1.00 e. The average molecular weight is 406 g/mol. The molecule has 0 aromatic rings. The van der Waals surface area contributed by atoms with Crippen molar-refractivity contribution in [1.29, 1.82) is 0 Å². The first-order valence-corrected chi connectivity index (χ1v) is 13.0. The normalized spacial score (nSPS) is 10.9. The zero-order chi connectivity index (χ0) is 19.7. The van der Waals surface area contributed by atoms with E-state index in [0.29, 0.717) is 0 Å². The summed E-state index contributed by atoms with van der Waals surface area (Å²) >= 11 is 0. The number of hydrogen-bond acceptors (Lipinski definition) is 1. The van der Waals surface area contributed by atoms with Crippen molar-refractivity contribution in [1.82, 2.24) is 0 Å². The molecule has 0 bridgehead atoms. The van der Waals surface area contributed by atoms with Gasteiger partial charge in [-0.3, -0.25) is 0 Å². The Bertz CT molecular complexity index is 221. The second-order valence-electron chi connectivity index (χ2n) is 8.68. The Kier molecular flexibility index (Phi) is 33.5. The van der Waals surface area contributed by atoms with Gasteiger partial charge in [0.2, 0.25) is 0 Å². The summed E-state index contributed by atoms with van der Waals surface area (Å²) < 4.78 is 5.80. The van der Waals surface area contributed by atoms with Gasteiger partial charge in [-0.2, -0.15) is 0 Å². The Hall–Kier alpha value is 0.960. The molecule has 0 aliphatic rings. The molecule has 0 aromatic heterocycles. The summed E-state index contributed by atoms with van der Waals surface area (Å²) in [4.78, 5) is 0. The van der Waals surface area contributed by atoms with Crippen LogP contribution in [0.25, 0.3) is 0 Å². The minimum Gasteiger partial charge on any atom is -0.381 e. The first-order chi connectivity index (χ1) is 13.4. The van der Waals surface area contributed by atoms with Gasteiger partial charge in [0.1, 0.15) is 0 Å². The standard InChI is InChI=1S/C26H54O.Na/c1-3-5-7-9-11-13-15-17-19-21-23-25-27-26-24-22-20-18-16-14-12-10-8-6-4-2;/h3-26H2,1-2H3;/q;+1. The van der Waals surface area contributed by atoms with E-state index in [4.69, 9.17) is 4.74 Å². The van der Waals surface area contributed by atoms with Gasteiger partial charge in [-0.15, -0.1) is 0 Å². The average Bonchev–Trinajstić information content (AvgIpc) is 2.68. The molecule has 0 saturated heterocycles. The third kappa shape index (κ3) is 29.2. The molecule has 0 fully saturated rings. The maximum atomic E-state index is 5.80. The van der Waals surface area contributed by atoms with Crippen molar-refractivity contribution >= 4 is 0 Å². The summed E-state index contributed by atoms with van der Waals surface area (Å²) in [5.74, 6) is 0. The van der Waals surface area contributed by atoms with Gasteiger partial charge in [0.05, 0.1) is 0 Å². The third-order valence-corrected chi connectivity index (χ3v) is 5.78. The van der Waals surface area contributed by atoms with E-state index in [2.05, 4.69) is 13.8 Å². The summed E-state index contributed by atoms with van der Waals surface area (Å²) in [6.45, 7) is 6.58. The van der Waals surface area contributed by atoms with E-state index < -0.39 is 0 Å². The summed E-state index contributed by atoms with van der Waals surface area (Å²) in [5.41, 5.74) is 0. The van der Waals surface area contributed by atoms with E-state index >= 15 is 0 Å². The molecule has 2 heteroatoms. The van der Waals surface area contributed by atoms with E-state index in [-0.39, 0.29) is 29.6 Å². The van der Waals surface area contributed by atoms with Gasteiger partial charge >= 0.3 is 29.6 Å². The molecule has 0 saturated carbocycles. The molecule has 28 heavy (non-hydrogen) atoms. The molecule has 164 valence electrons. The molecule has 0 N–H and O–H groups in total. The van der Waals surface area contributed by atoms with Crippen LogP contribution in [-0.4, -0.2) is 13.2 Å². The minimum atomic E-state index is 0. The summed E-state index contributed by atoms with van der Waals surface area (Å²) in [6.07, 6.45) is 31.1. The molecule has 0 spiro atoms. The summed E-state index contributed by atoms with van der Waals surface area (Å²) in [7, 11) is 0. The van der Waals surface area contributed by atoms with Crippen molar-refractivity contribution in [3.8, 4) is 0 Å². The van der Waals surface area contributed by atoms with Crippen LogP contribution in [0.1, 0.15) is 155 Å². The van der Waals surface area contributed by atoms with Crippen LogP contribution in [0.5, 0.6) is 0 Å². The fourth-order valence-corrected chi connectivity index (χ4v) is 3.84. The molecular formula is C26H54NaO+. The number of rotatable bonds is 24. The maximum absolute atomic E-state index is 5.80. The smallest absolute Gasteiger partial charge is 0.381 e. The number of unbranched alkanes of at least 4 members (excludes halogenated alkanes) is 20. The van der Waals surface area contributed by atoms with E-state index in [1.165, 1.54) is 141 Å². The van der Waals surface area contributed by atoms with Crippen LogP contribution in [-0.2, 0) is 4.74 Å². The van der Waals surface area contributed by atoms with Crippen LogP contribution in [0, 0.1) is 0 Å². The Morgan fingerprint density at radius 2 is 0.536 bits per heavy atom. The molecule has 0 aliphatic carbocycles. The molecule has 0 aliphatic heterocycles.